The number of phosphoric ester groups is 2. The first-order valence-corrected chi connectivity index (χ1v) is 26.2. The lowest BCUT2D eigenvalue weighted by atomic mass is 10.0. The van der Waals surface area contributed by atoms with Crippen LogP contribution in [0.15, 0.2) is 72.9 Å². The molecule has 0 aliphatic carbocycles. The molecule has 0 aromatic heterocycles. The number of rotatable bonds is 42. The molecule has 0 aromatic carbocycles. The summed E-state index contributed by atoms with van der Waals surface area (Å²) in [6.45, 7) is 3.69. The summed E-state index contributed by atoms with van der Waals surface area (Å²) in [4.78, 5) is 52.8. The smallest absolute Gasteiger partial charge is 0.462 e. The van der Waals surface area contributed by atoms with Crippen LogP contribution >= 0.6 is 15.6 Å². The van der Waals surface area contributed by atoms with Crippen LogP contribution in [-0.2, 0) is 41.8 Å². The summed E-state index contributed by atoms with van der Waals surface area (Å²) in [5.41, 5.74) is 0. The standard InChI is InChI=1S/C47H82O15P2/c1-4-5-23-31-42(48)33-26-21-22-27-34-43(49)32-25-18-15-16-19-28-35-46(51)58-39-45(40-61-64(56,57)60-38-44(50)37-59-63(53,54)55)62-47(52)36-29-20-14-12-10-8-6-7-9-11-13-17-24-30-41(2)3/h5,16,18-19,21-23,25-27,33-34,41-45,48-50H,4,6-15,17,20,24,28-32,35-40H2,1-3H3,(H,56,57)(H2,53,54,55)/b19-16-,22-21-,23-5-,25-18-,33-26+,34-27+/t42-,43+,44+,45-/m1/s1. The van der Waals surface area contributed by atoms with Gasteiger partial charge in [-0.3, -0.25) is 23.2 Å². The lowest BCUT2D eigenvalue weighted by Gasteiger charge is -2.20. The number of aliphatic hydroxyl groups is 3. The maximum absolute atomic E-state index is 12.7. The minimum absolute atomic E-state index is 0.0115. The van der Waals surface area contributed by atoms with E-state index in [-0.39, 0.29) is 12.8 Å². The molecule has 6 N–H and O–H groups in total. The zero-order valence-electron chi connectivity index (χ0n) is 38.7. The molecule has 370 valence electrons. The number of allylic oxidation sites excluding steroid dienone is 8. The van der Waals surface area contributed by atoms with E-state index in [4.69, 9.17) is 23.8 Å². The number of esters is 2. The molecule has 0 fully saturated rings. The Morgan fingerprint density at radius 1 is 0.562 bits per heavy atom. The molecular formula is C47H82O15P2. The van der Waals surface area contributed by atoms with Gasteiger partial charge in [-0.05, 0) is 44.4 Å². The second-order valence-corrected chi connectivity index (χ2v) is 18.9. The van der Waals surface area contributed by atoms with E-state index >= 15 is 0 Å². The van der Waals surface area contributed by atoms with Crippen LogP contribution in [0.1, 0.15) is 156 Å². The summed E-state index contributed by atoms with van der Waals surface area (Å²) in [6, 6.07) is 0. The second-order valence-electron chi connectivity index (χ2n) is 16.2. The Balaban J connectivity index is 4.70. The number of hydrogen-bond donors (Lipinski definition) is 6. The molecule has 0 aliphatic rings. The fourth-order valence-corrected chi connectivity index (χ4v) is 7.07. The largest absolute Gasteiger partial charge is 0.472 e. The van der Waals surface area contributed by atoms with Crippen molar-refractivity contribution in [1.82, 2.24) is 0 Å². The average Bonchev–Trinajstić information content (AvgIpc) is 3.23. The minimum Gasteiger partial charge on any atom is -0.462 e. The zero-order chi connectivity index (χ0) is 47.7. The average molecular weight is 949 g/mol. The van der Waals surface area contributed by atoms with Gasteiger partial charge in [0, 0.05) is 12.8 Å². The molecule has 5 atom stereocenters. The van der Waals surface area contributed by atoms with Gasteiger partial charge in [0.2, 0.25) is 0 Å². The van der Waals surface area contributed by atoms with Crippen LogP contribution in [0.25, 0.3) is 0 Å². The highest BCUT2D eigenvalue weighted by molar-refractivity contribution is 7.47. The number of hydrogen-bond acceptors (Lipinski definition) is 12. The van der Waals surface area contributed by atoms with Crippen molar-refractivity contribution in [2.75, 3.05) is 26.4 Å². The SMILES string of the molecule is CC/C=C\C[C@@H](O)/C=C/C=C\C=C\[C@@H](O)C/C=C\C/C=C\CCC(=O)OC[C@H](COP(=O)(O)OC[C@@H](O)COP(=O)(O)O)OC(=O)CCCCCCCCCCCCCCCC(C)C. The fraction of sp³-hybridized carbons (Fsp3) is 0.702. The Bertz CT molecular complexity index is 1450. The molecule has 0 amide bonds. The van der Waals surface area contributed by atoms with Crippen molar-refractivity contribution in [2.24, 2.45) is 5.92 Å². The van der Waals surface area contributed by atoms with Crippen LogP contribution < -0.4 is 0 Å². The van der Waals surface area contributed by atoms with E-state index in [2.05, 4.69) is 22.9 Å². The summed E-state index contributed by atoms with van der Waals surface area (Å²) in [7, 11) is -9.74. The highest BCUT2D eigenvalue weighted by atomic mass is 31.2. The van der Waals surface area contributed by atoms with Gasteiger partial charge >= 0.3 is 27.6 Å². The predicted octanol–water partition coefficient (Wildman–Crippen LogP) is 9.97. The molecule has 0 saturated carbocycles. The highest BCUT2D eigenvalue weighted by Gasteiger charge is 2.28. The Morgan fingerprint density at radius 3 is 1.61 bits per heavy atom. The van der Waals surface area contributed by atoms with Crippen LogP contribution in [0, 0.1) is 5.92 Å². The van der Waals surface area contributed by atoms with Crippen LogP contribution in [-0.4, -0.2) is 92.8 Å². The van der Waals surface area contributed by atoms with Gasteiger partial charge < -0.3 is 39.5 Å². The quantitative estimate of drug-likeness (QED) is 0.0110. The molecule has 0 heterocycles. The minimum atomic E-state index is -4.89. The van der Waals surface area contributed by atoms with Crippen LogP contribution in [0.5, 0.6) is 0 Å². The third-order valence-electron chi connectivity index (χ3n) is 9.46. The van der Waals surface area contributed by atoms with Crippen molar-refractivity contribution in [1.29, 1.82) is 0 Å². The molecule has 0 spiro atoms. The Hall–Kier alpha value is -2.52. The summed E-state index contributed by atoms with van der Waals surface area (Å²) < 4.78 is 47.7. The zero-order valence-corrected chi connectivity index (χ0v) is 40.5. The van der Waals surface area contributed by atoms with Gasteiger partial charge in [-0.15, -0.1) is 0 Å². The Kier molecular flexibility index (Phi) is 39.1. The normalized spacial score (nSPS) is 15.7. The van der Waals surface area contributed by atoms with Crippen LogP contribution in [0.4, 0.5) is 0 Å². The maximum Gasteiger partial charge on any atom is 0.472 e. The third-order valence-corrected chi connectivity index (χ3v) is 10.9. The summed E-state index contributed by atoms with van der Waals surface area (Å²) in [6.07, 6.45) is 36.9. The summed E-state index contributed by atoms with van der Waals surface area (Å²) in [5.74, 6) is -0.411. The number of carbonyl (C=O) groups excluding carboxylic acids is 2. The Morgan fingerprint density at radius 2 is 1.06 bits per heavy atom. The predicted molar refractivity (Wildman–Crippen MR) is 251 cm³/mol. The van der Waals surface area contributed by atoms with Crippen molar-refractivity contribution in [2.45, 2.75) is 180 Å². The molecule has 0 saturated heterocycles. The van der Waals surface area contributed by atoms with Crippen LogP contribution in [0.2, 0.25) is 0 Å². The van der Waals surface area contributed by atoms with E-state index in [1.54, 1.807) is 42.5 Å². The summed E-state index contributed by atoms with van der Waals surface area (Å²) in [5, 5.41) is 29.7. The van der Waals surface area contributed by atoms with E-state index in [0.29, 0.717) is 32.1 Å². The number of unbranched alkanes of at least 4 members (excludes halogenated alkanes) is 12. The van der Waals surface area contributed by atoms with Gasteiger partial charge in [0.1, 0.15) is 12.7 Å². The van der Waals surface area contributed by atoms with Gasteiger partial charge in [-0.2, -0.15) is 0 Å². The molecule has 0 aliphatic heterocycles. The van der Waals surface area contributed by atoms with Crippen molar-refractivity contribution >= 4 is 27.6 Å². The van der Waals surface area contributed by atoms with Crippen molar-refractivity contribution in [3.63, 3.8) is 0 Å². The van der Waals surface area contributed by atoms with Gasteiger partial charge in [-0.1, -0.05) is 177 Å². The van der Waals surface area contributed by atoms with Crippen molar-refractivity contribution in [3.8, 4) is 0 Å². The molecule has 17 heteroatoms. The molecule has 0 rings (SSSR count). The first kappa shape index (κ1) is 61.5. The highest BCUT2D eigenvalue weighted by Crippen LogP contribution is 2.43. The monoisotopic (exact) mass is 949 g/mol. The Labute approximate surface area is 383 Å². The third kappa shape index (κ3) is 44.7. The first-order valence-electron chi connectivity index (χ1n) is 23.2. The fourth-order valence-electron chi connectivity index (χ4n) is 5.91. The molecule has 64 heavy (non-hydrogen) atoms. The van der Waals surface area contributed by atoms with E-state index in [9.17, 15) is 38.9 Å². The maximum atomic E-state index is 12.7. The van der Waals surface area contributed by atoms with Gasteiger partial charge in [0.05, 0.1) is 32.0 Å². The molecule has 0 radical (unpaired) electrons. The number of phosphoric acid groups is 2. The van der Waals surface area contributed by atoms with Gasteiger partial charge in [0.25, 0.3) is 0 Å². The van der Waals surface area contributed by atoms with Crippen LogP contribution in [0.3, 0.4) is 0 Å². The molecule has 0 aromatic rings. The van der Waals surface area contributed by atoms with E-state index in [1.807, 2.05) is 37.3 Å². The van der Waals surface area contributed by atoms with Gasteiger partial charge in [-0.25, -0.2) is 9.13 Å². The molecular weight excluding hydrogens is 866 g/mol. The van der Waals surface area contributed by atoms with E-state index in [1.165, 1.54) is 57.8 Å². The number of carbonyl (C=O) groups is 2. The first-order chi connectivity index (χ1) is 30.5. The lowest BCUT2D eigenvalue weighted by molar-refractivity contribution is -0.161. The number of ether oxygens (including phenoxy) is 2. The van der Waals surface area contributed by atoms with Gasteiger partial charge in [0.15, 0.2) is 6.10 Å². The second kappa shape index (κ2) is 40.7. The molecule has 0 bridgehead atoms. The number of aliphatic hydroxyl groups excluding tert-OH is 3. The topological polar surface area (TPSA) is 236 Å². The molecule has 1 unspecified atom stereocenters. The van der Waals surface area contributed by atoms with E-state index < -0.39 is 78.4 Å². The van der Waals surface area contributed by atoms with E-state index in [0.717, 1.165) is 38.0 Å². The molecule has 15 nitrogen and oxygen atoms in total. The van der Waals surface area contributed by atoms with Crippen molar-refractivity contribution < 1.29 is 71.8 Å². The van der Waals surface area contributed by atoms with Crippen molar-refractivity contribution in [3.05, 3.63) is 72.9 Å². The lowest BCUT2D eigenvalue weighted by Crippen LogP contribution is -2.29. The summed E-state index contributed by atoms with van der Waals surface area (Å²) >= 11 is 0.